The van der Waals surface area contributed by atoms with Crippen LogP contribution >= 0.6 is 11.6 Å². The lowest BCUT2D eigenvalue weighted by Crippen LogP contribution is -2.15. The third kappa shape index (κ3) is 2.08. The van der Waals surface area contributed by atoms with E-state index in [4.69, 9.17) is 21.1 Å². The van der Waals surface area contributed by atoms with Crippen LogP contribution in [0.5, 0.6) is 0 Å². The fourth-order valence-electron chi connectivity index (χ4n) is 1.49. The number of hydrogen-bond donors (Lipinski definition) is 0. The van der Waals surface area contributed by atoms with E-state index in [9.17, 15) is 0 Å². The number of halogens is 1. The smallest absolute Gasteiger partial charge is 0.178 e. The Kier molecular flexibility index (Phi) is 3.06. The molecule has 1 fully saturated rings. The van der Waals surface area contributed by atoms with Crippen LogP contribution in [-0.2, 0) is 9.47 Å². The van der Waals surface area contributed by atoms with Crippen LogP contribution in [-0.4, -0.2) is 19.0 Å². The van der Waals surface area contributed by atoms with Crippen LogP contribution in [0.1, 0.15) is 17.9 Å². The lowest BCUT2D eigenvalue weighted by Gasteiger charge is -2.16. The summed E-state index contributed by atoms with van der Waals surface area (Å²) in [5.41, 5.74) is 1.04. The lowest BCUT2D eigenvalue weighted by molar-refractivity contribution is -0.0565. The molecule has 1 aliphatic rings. The molecule has 2 rings (SSSR count). The molecule has 0 N–H and O–H groups in total. The molecule has 0 aliphatic carbocycles. The number of alkyl halides is 1. The van der Waals surface area contributed by atoms with E-state index in [1.807, 2.05) is 37.3 Å². The Balaban J connectivity index is 2.05. The molecule has 14 heavy (non-hydrogen) atoms. The molecule has 1 heterocycles. The number of benzene rings is 1. The molecule has 1 aromatic carbocycles. The van der Waals surface area contributed by atoms with Crippen molar-refractivity contribution in [2.45, 2.75) is 24.7 Å². The van der Waals surface area contributed by atoms with Gasteiger partial charge in [-0.3, -0.25) is 0 Å². The first-order valence-electron chi connectivity index (χ1n) is 4.73. The summed E-state index contributed by atoms with van der Waals surface area (Å²) < 4.78 is 11.0. The summed E-state index contributed by atoms with van der Waals surface area (Å²) in [6, 6.07) is 9.85. The third-order valence-electron chi connectivity index (χ3n) is 2.22. The molecule has 0 amide bonds. The van der Waals surface area contributed by atoms with Crippen LogP contribution in [0.15, 0.2) is 30.3 Å². The van der Waals surface area contributed by atoms with Gasteiger partial charge in [0, 0.05) is 0 Å². The Morgan fingerprint density at radius 2 is 2.07 bits per heavy atom. The molecule has 1 saturated heterocycles. The van der Waals surface area contributed by atoms with Gasteiger partial charge in [-0.1, -0.05) is 30.3 Å². The largest absolute Gasteiger partial charge is 0.348 e. The summed E-state index contributed by atoms with van der Waals surface area (Å²) in [6.45, 7) is 2.61. The van der Waals surface area contributed by atoms with Crippen LogP contribution in [0.2, 0.25) is 0 Å². The van der Waals surface area contributed by atoms with Gasteiger partial charge in [-0.25, -0.2) is 0 Å². The minimum absolute atomic E-state index is 0.143. The van der Waals surface area contributed by atoms with Gasteiger partial charge in [-0.15, -0.1) is 11.6 Å². The molecule has 1 aliphatic heterocycles. The SMILES string of the molecule is CC1COC(C(Cl)c2ccccc2)O1. The summed E-state index contributed by atoms with van der Waals surface area (Å²) in [5, 5.41) is -0.221. The van der Waals surface area contributed by atoms with E-state index in [-0.39, 0.29) is 17.8 Å². The van der Waals surface area contributed by atoms with E-state index in [0.717, 1.165) is 5.56 Å². The maximum atomic E-state index is 6.23. The van der Waals surface area contributed by atoms with Crippen LogP contribution in [0.3, 0.4) is 0 Å². The molecule has 0 radical (unpaired) electrons. The van der Waals surface area contributed by atoms with E-state index >= 15 is 0 Å². The van der Waals surface area contributed by atoms with E-state index < -0.39 is 0 Å². The normalized spacial score (nSPS) is 29.0. The molecule has 1 aromatic rings. The second kappa shape index (κ2) is 4.30. The van der Waals surface area contributed by atoms with Crippen molar-refractivity contribution >= 4 is 11.6 Å². The topological polar surface area (TPSA) is 18.5 Å². The van der Waals surface area contributed by atoms with Crippen molar-refractivity contribution in [1.29, 1.82) is 0 Å². The molecule has 0 saturated carbocycles. The fraction of sp³-hybridized carbons (Fsp3) is 0.455. The quantitative estimate of drug-likeness (QED) is 0.702. The average molecular weight is 213 g/mol. The van der Waals surface area contributed by atoms with Gasteiger partial charge in [-0.2, -0.15) is 0 Å². The Morgan fingerprint density at radius 3 is 2.64 bits per heavy atom. The number of rotatable bonds is 2. The highest BCUT2D eigenvalue weighted by atomic mass is 35.5. The van der Waals surface area contributed by atoms with E-state index in [2.05, 4.69) is 0 Å². The molecule has 3 atom stereocenters. The monoisotopic (exact) mass is 212 g/mol. The van der Waals surface area contributed by atoms with Gasteiger partial charge in [0.25, 0.3) is 0 Å². The Bertz CT molecular complexity index is 289. The van der Waals surface area contributed by atoms with Crippen molar-refractivity contribution in [1.82, 2.24) is 0 Å². The molecule has 0 aromatic heterocycles. The summed E-state index contributed by atoms with van der Waals surface area (Å²) in [6.07, 6.45) is -0.168. The highest BCUT2D eigenvalue weighted by Crippen LogP contribution is 2.30. The van der Waals surface area contributed by atoms with Gasteiger partial charge in [0.05, 0.1) is 12.7 Å². The predicted octanol–water partition coefficient (Wildman–Crippen LogP) is 2.73. The van der Waals surface area contributed by atoms with Gasteiger partial charge < -0.3 is 9.47 Å². The van der Waals surface area contributed by atoms with Crippen LogP contribution in [0.25, 0.3) is 0 Å². The van der Waals surface area contributed by atoms with Crippen molar-refractivity contribution in [2.75, 3.05) is 6.61 Å². The van der Waals surface area contributed by atoms with Gasteiger partial charge in [0.15, 0.2) is 6.29 Å². The molecule has 0 bridgehead atoms. The molecule has 0 spiro atoms. The zero-order valence-electron chi connectivity index (χ0n) is 8.02. The van der Waals surface area contributed by atoms with Gasteiger partial charge in [0.1, 0.15) is 5.38 Å². The first kappa shape index (κ1) is 9.97. The minimum atomic E-state index is -0.311. The minimum Gasteiger partial charge on any atom is -0.348 e. The molecular formula is C11H13ClO2. The zero-order chi connectivity index (χ0) is 9.97. The van der Waals surface area contributed by atoms with Gasteiger partial charge >= 0.3 is 0 Å². The van der Waals surface area contributed by atoms with Crippen LogP contribution in [0, 0.1) is 0 Å². The van der Waals surface area contributed by atoms with Crippen molar-refractivity contribution in [3.05, 3.63) is 35.9 Å². The summed E-state index contributed by atoms with van der Waals surface area (Å²) in [4.78, 5) is 0. The van der Waals surface area contributed by atoms with Crippen LogP contribution < -0.4 is 0 Å². The Labute approximate surface area is 88.8 Å². The summed E-state index contributed by atoms with van der Waals surface area (Å²) in [7, 11) is 0. The lowest BCUT2D eigenvalue weighted by atomic mass is 10.1. The summed E-state index contributed by atoms with van der Waals surface area (Å²) >= 11 is 6.23. The van der Waals surface area contributed by atoms with Crippen molar-refractivity contribution in [3.8, 4) is 0 Å². The molecule has 3 heteroatoms. The molecule has 2 nitrogen and oxygen atoms in total. The second-order valence-corrected chi connectivity index (χ2v) is 3.93. The Morgan fingerprint density at radius 1 is 1.36 bits per heavy atom. The van der Waals surface area contributed by atoms with E-state index in [0.29, 0.717) is 6.61 Å². The average Bonchev–Trinajstić information content (AvgIpc) is 2.65. The molecular weight excluding hydrogens is 200 g/mol. The fourth-order valence-corrected chi connectivity index (χ4v) is 1.76. The number of hydrogen-bond acceptors (Lipinski definition) is 2. The van der Waals surface area contributed by atoms with Crippen LogP contribution in [0.4, 0.5) is 0 Å². The maximum absolute atomic E-state index is 6.23. The van der Waals surface area contributed by atoms with Crippen molar-refractivity contribution in [3.63, 3.8) is 0 Å². The molecule has 76 valence electrons. The first-order valence-corrected chi connectivity index (χ1v) is 5.17. The maximum Gasteiger partial charge on any atom is 0.178 e. The van der Waals surface area contributed by atoms with Gasteiger partial charge in [-0.05, 0) is 12.5 Å². The number of ether oxygens (including phenoxy) is 2. The van der Waals surface area contributed by atoms with E-state index in [1.165, 1.54) is 0 Å². The van der Waals surface area contributed by atoms with Crippen molar-refractivity contribution in [2.24, 2.45) is 0 Å². The summed E-state index contributed by atoms with van der Waals surface area (Å²) in [5.74, 6) is 0. The predicted molar refractivity (Wildman–Crippen MR) is 55.3 cm³/mol. The third-order valence-corrected chi connectivity index (χ3v) is 2.68. The van der Waals surface area contributed by atoms with Crippen molar-refractivity contribution < 1.29 is 9.47 Å². The highest BCUT2D eigenvalue weighted by molar-refractivity contribution is 6.21. The Hall–Kier alpha value is -0.570. The molecule has 3 unspecified atom stereocenters. The van der Waals surface area contributed by atoms with Gasteiger partial charge in [0.2, 0.25) is 0 Å². The first-order chi connectivity index (χ1) is 6.77. The van der Waals surface area contributed by atoms with E-state index in [1.54, 1.807) is 0 Å². The second-order valence-electron chi connectivity index (χ2n) is 3.46. The standard InChI is InChI=1S/C11H13ClO2/c1-8-7-13-11(14-8)10(12)9-5-3-2-4-6-9/h2-6,8,10-11H,7H2,1H3. The highest BCUT2D eigenvalue weighted by Gasteiger charge is 2.29. The zero-order valence-corrected chi connectivity index (χ0v) is 8.78.